The van der Waals surface area contributed by atoms with Gasteiger partial charge in [0.2, 0.25) is 0 Å². The van der Waals surface area contributed by atoms with Crippen LogP contribution in [0.15, 0.2) is 30.3 Å². The molecule has 0 saturated carbocycles. The molecular formula is C20H34N2O. The maximum absolute atomic E-state index is 12.2. The van der Waals surface area contributed by atoms with E-state index in [4.69, 9.17) is 0 Å². The fourth-order valence-corrected chi connectivity index (χ4v) is 2.71. The van der Waals surface area contributed by atoms with Crippen LogP contribution in [0.5, 0.6) is 0 Å². The molecule has 23 heavy (non-hydrogen) atoms. The van der Waals surface area contributed by atoms with Crippen LogP contribution in [-0.2, 0) is 0 Å². The van der Waals surface area contributed by atoms with Gasteiger partial charge in [0.1, 0.15) is 0 Å². The van der Waals surface area contributed by atoms with Crippen LogP contribution in [0.1, 0.15) is 76.8 Å². The van der Waals surface area contributed by atoms with Crippen molar-refractivity contribution >= 4 is 6.03 Å². The monoisotopic (exact) mass is 318 g/mol. The van der Waals surface area contributed by atoms with Gasteiger partial charge in [-0.05, 0) is 18.9 Å². The summed E-state index contributed by atoms with van der Waals surface area (Å²) in [5.41, 5.74) is 1.16. The first-order valence-electron chi connectivity index (χ1n) is 9.22. The molecule has 0 saturated heterocycles. The van der Waals surface area contributed by atoms with Crippen molar-refractivity contribution in [1.82, 2.24) is 10.2 Å². The molecule has 0 aliphatic carbocycles. The van der Waals surface area contributed by atoms with E-state index in [1.54, 1.807) is 4.90 Å². The predicted molar refractivity (Wildman–Crippen MR) is 98.6 cm³/mol. The van der Waals surface area contributed by atoms with Crippen LogP contribution < -0.4 is 5.32 Å². The normalized spacial score (nSPS) is 12.0. The average Bonchev–Trinajstić information content (AvgIpc) is 2.59. The number of hydrogen-bond acceptors (Lipinski definition) is 1. The average molecular weight is 319 g/mol. The summed E-state index contributed by atoms with van der Waals surface area (Å²) < 4.78 is 0. The van der Waals surface area contributed by atoms with Gasteiger partial charge in [-0.2, -0.15) is 0 Å². The van der Waals surface area contributed by atoms with E-state index in [0.29, 0.717) is 0 Å². The molecule has 1 aromatic carbocycles. The van der Waals surface area contributed by atoms with Crippen molar-refractivity contribution in [2.45, 2.75) is 71.3 Å². The Morgan fingerprint density at radius 3 is 2.17 bits per heavy atom. The fourth-order valence-electron chi connectivity index (χ4n) is 2.71. The van der Waals surface area contributed by atoms with Crippen molar-refractivity contribution in [2.24, 2.45) is 0 Å². The smallest absolute Gasteiger partial charge is 0.317 e. The van der Waals surface area contributed by atoms with Crippen molar-refractivity contribution in [2.75, 3.05) is 13.6 Å². The minimum absolute atomic E-state index is 0.0179. The Labute approximate surface area is 142 Å². The van der Waals surface area contributed by atoms with Gasteiger partial charge in [-0.15, -0.1) is 0 Å². The molecule has 0 radical (unpaired) electrons. The first-order valence-corrected chi connectivity index (χ1v) is 9.22. The van der Waals surface area contributed by atoms with Gasteiger partial charge >= 0.3 is 6.03 Å². The van der Waals surface area contributed by atoms with Gasteiger partial charge in [-0.1, -0.05) is 82.2 Å². The molecule has 1 aromatic rings. The minimum Gasteiger partial charge on any atom is -0.338 e. The van der Waals surface area contributed by atoms with Crippen LogP contribution in [-0.4, -0.2) is 24.5 Å². The number of hydrogen-bond donors (Lipinski definition) is 1. The lowest BCUT2D eigenvalue weighted by Gasteiger charge is -2.25. The zero-order chi connectivity index (χ0) is 16.9. The standard InChI is InChI=1S/C20H34N2O/c1-4-5-6-7-8-9-10-14-17-21-20(23)22(3)18(2)19-15-12-11-13-16-19/h11-13,15-16,18H,4-10,14,17H2,1-3H3,(H,21,23)/t18-/m1/s1. The molecule has 0 heterocycles. The Morgan fingerprint density at radius 1 is 1.00 bits per heavy atom. The highest BCUT2D eigenvalue weighted by molar-refractivity contribution is 5.74. The van der Waals surface area contributed by atoms with Gasteiger partial charge in [-0.3, -0.25) is 0 Å². The number of amides is 2. The zero-order valence-corrected chi connectivity index (χ0v) is 15.2. The third-order valence-corrected chi connectivity index (χ3v) is 4.49. The van der Waals surface area contributed by atoms with E-state index < -0.39 is 0 Å². The summed E-state index contributed by atoms with van der Waals surface area (Å²) in [6.07, 6.45) is 10.3. The first-order chi connectivity index (χ1) is 11.2. The topological polar surface area (TPSA) is 32.3 Å². The van der Waals surface area contributed by atoms with Crippen molar-refractivity contribution in [3.8, 4) is 0 Å². The maximum Gasteiger partial charge on any atom is 0.317 e. The predicted octanol–water partition coefficient (Wildman–Crippen LogP) is 5.53. The van der Waals surface area contributed by atoms with Gasteiger partial charge in [0.15, 0.2) is 0 Å². The van der Waals surface area contributed by atoms with Crippen LogP contribution >= 0.6 is 0 Å². The summed E-state index contributed by atoms with van der Waals surface area (Å²) >= 11 is 0. The number of nitrogens with zero attached hydrogens (tertiary/aromatic N) is 1. The largest absolute Gasteiger partial charge is 0.338 e. The summed E-state index contributed by atoms with van der Waals surface area (Å²) in [6.45, 7) is 5.09. The number of rotatable bonds is 11. The minimum atomic E-state index is 0.0179. The third-order valence-electron chi connectivity index (χ3n) is 4.49. The van der Waals surface area contributed by atoms with Crippen molar-refractivity contribution in [3.05, 3.63) is 35.9 Å². The highest BCUT2D eigenvalue weighted by Crippen LogP contribution is 2.17. The first kappa shape index (κ1) is 19.5. The van der Waals surface area contributed by atoms with Gasteiger partial charge in [-0.25, -0.2) is 4.79 Å². The second-order valence-corrected chi connectivity index (χ2v) is 6.40. The number of nitrogens with one attached hydrogen (secondary N) is 1. The van der Waals surface area contributed by atoms with Gasteiger partial charge in [0.05, 0.1) is 6.04 Å². The molecule has 0 spiro atoms. The molecule has 0 unspecified atom stereocenters. The summed E-state index contributed by atoms with van der Waals surface area (Å²) in [7, 11) is 1.86. The molecule has 0 aromatic heterocycles. The molecule has 130 valence electrons. The van der Waals surface area contributed by atoms with Crippen molar-refractivity contribution in [1.29, 1.82) is 0 Å². The van der Waals surface area contributed by atoms with Crippen LogP contribution in [0.2, 0.25) is 0 Å². The Kier molecular flexibility index (Phi) is 10.2. The van der Waals surface area contributed by atoms with Crippen molar-refractivity contribution < 1.29 is 4.79 Å². The van der Waals surface area contributed by atoms with Crippen LogP contribution in [0.3, 0.4) is 0 Å². The molecular weight excluding hydrogens is 284 g/mol. The van der Waals surface area contributed by atoms with E-state index in [9.17, 15) is 4.79 Å². The highest BCUT2D eigenvalue weighted by atomic mass is 16.2. The van der Waals surface area contributed by atoms with E-state index >= 15 is 0 Å². The van der Waals surface area contributed by atoms with Crippen LogP contribution in [0, 0.1) is 0 Å². The number of carbonyl (C=O) groups is 1. The molecule has 1 N–H and O–H groups in total. The molecule has 0 fully saturated rings. The molecule has 3 heteroatoms. The second kappa shape index (κ2) is 12.0. The SMILES string of the molecule is CCCCCCCCCCNC(=O)N(C)[C@H](C)c1ccccc1. The molecule has 0 aliphatic heterocycles. The number of benzene rings is 1. The number of carbonyl (C=O) groups excluding carboxylic acids is 1. The van der Waals surface area contributed by atoms with E-state index in [1.165, 1.54) is 44.9 Å². The molecule has 2 amide bonds. The lowest BCUT2D eigenvalue weighted by atomic mass is 10.1. The van der Waals surface area contributed by atoms with E-state index in [2.05, 4.69) is 31.3 Å². The molecule has 0 bridgehead atoms. The van der Waals surface area contributed by atoms with Gasteiger partial charge < -0.3 is 10.2 Å². The second-order valence-electron chi connectivity index (χ2n) is 6.40. The summed E-state index contributed by atoms with van der Waals surface area (Å²) in [5, 5.41) is 3.03. The summed E-state index contributed by atoms with van der Waals surface area (Å²) in [6, 6.07) is 10.3. The van der Waals surface area contributed by atoms with E-state index in [0.717, 1.165) is 18.5 Å². The number of urea groups is 1. The van der Waals surface area contributed by atoms with Gasteiger partial charge in [0, 0.05) is 13.6 Å². The molecule has 0 aliphatic rings. The number of unbranched alkanes of at least 4 members (excludes halogenated alkanes) is 7. The molecule has 3 nitrogen and oxygen atoms in total. The lowest BCUT2D eigenvalue weighted by molar-refractivity contribution is 0.194. The maximum atomic E-state index is 12.2. The zero-order valence-electron chi connectivity index (χ0n) is 15.2. The van der Waals surface area contributed by atoms with Crippen LogP contribution in [0.25, 0.3) is 0 Å². The quantitative estimate of drug-likeness (QED) is 0.535. The Morgan fingerprint density at radius 2 is 1.57 bits per heavy atom. The summed E-state index contributed by atoms with van der Waals surface area (Å²) in [4.78, 5) is 14.0. The Bertz CT molecular complexity index is 419. The van der Waals surface area contributed by atoms with Gasteiger partial charge in [0.25, 0.3) is 0 Å². The fraction of sp³-hybridized carbons (Fsp3) is 0.650. The van der Waals surface area contributed by atoms with Crippen molar-refractivity contribution in [3.63, 3.8) is 0 Å². The summed E-state index contributed by atoms with van der Waals surface area (Å²) in [5.74, 6) is 0. The lowest BCUT2D eigenvalue weighted by Crippen LogP contribution is -2.39. The molecule has 1 rings (SSSR count). The Balaban J connectivity index is 2.11. The van der Waals surface area contributed by atoms with E-state index in [1.807, 2.05) is 25.2 Å². The third kappa shape index (κ3) is 8.06. The Hall–Kier alpha value is -1.51. The molecule has 1 atom stereocenters. The van der Waals surface area contributed by atoms with Crippen LogP contribution in [0.4, 0.5) is 4.79 Å². The highest BCUT2D eigenvalue weighted by Gasteiger charge is 2.16. The van der Waals surface area contributed by atoms with E-state index in [-0.39, 0.29) is 12.1 Å².